The zero-order valence-corrected chi connectivity index (χ0v) is 11.4. The summed E-state index contributed by atoms with van der Waals surface area (Å²) in [5, 5.41) is 0. The highest BCUT2D eigenvalue weighted by Gasteiger charge is 2.53. The van der Waals surface area contributed by atoms with Crippen LogP contribution in [-0.4, -0.2) is 42.5 Å². The summed E-state index contributed by atoms with van der Waals surface area (Å²) in [6, 6.07) is 1.98. The number of rotatable bonds is 5. The van der Waals surface area contributed by atoms with Crippen LogP contribution in [0.25, 0.3) is 0 Å². The molecule has 1 aromatic heterocycles. The highest BCUT2D eigenvalue weighted by molar-refractivity contribution is 6.03. The molecule has 5 nitrogen and oxygen atoms in total. The van der Waals surface area contributed by atoms with Crippen LogP contribution >= 0.6 is 0 Å². The van der Waals surface area contributed by atoms with Crippen LogP contribution in [0.5, 0.6) is 0 Å². The number of hydrogen-bond donors (Lipinski definition) is 1. The monoisotopic (exact) mass is 264 g/mol. The molecule has 1 aliphatic rings. The maximum atomic E-state index is 12.4. The Balaban J connectivity index is 1.96. The molecule has 104 valence electrons. The Morgan fingerprint density at radius 2 is 2.21 bits per heavy atom. The van der Waals surface area contributed by atoms with Gasteiger partial charge in [0.25, 0.3) is 0 Å². The normalized spacial score (nSPS) is 16.5. The van der Waals surface area contributed by atoms with E-state index in [1.54, 1.807) is 11.9 Å². The number of carbonyl (C=O) groups excluding carboxylic acids is 2. The molecule has 0 spiro atoms. The van der Waals surface area contributed by atoms with E-state index in [1.165, 1.54) is 7.11 Å². The Morgan fingerprint density at radius 3 is 2.68 bits per heavy atom. The van der Waals surface area contributed by atoms with E-state index in [-0.39, 0.29) is 5.91 Å². The van der Waals surface area contributed by atoms with Gasteiger partial charge in [0.05, 0.1) is 7.11 Å². The minimum absolute atomic E-state index is 0.110. The van der Waals surface area contributed by atoms with Gasteiger partial charge in [0.1, 0.15) is 5.41 Å². The van der Waals surface area contributed by atoms with E-state index >= 15 is 0 Å². The van der Waals surface area contributed by atoms with Gasteiger partial charge in [-0.3, -0.25) is 9.59 Å². The molecule has 5 heteroatoms. The molecule has 0 aliphatic heterocycles. The van der Waals surface area contributed by atoms with Crippen LogP contribution in [0, 0.1) is 5.41 Å². The SMILES string of the molecule is COC(=O)C1(C(=O)N(C)CCc2cc[nH]c2)CCC1. The van der Waals surface area contributed by atoms with E-state index in [2.05, 4.69) is 4.98 Å². The number of nitrogens with zero attached hydrogens (tertiary/aromatic N) is 1. The van der Waals surface area contributed by atoms with Gasteiger partial charge in [-0.15, -0.1) is 0 Å². The summed E-state index contributed by atoms with van der Waals surface area (Å²) in [6.45, 7) is 0.607. The average molecular weight is 264 g/mol. The van der Waals surface area contributed by atoms with Gasteiger partial charge in [-0.2, -0.15) is 0 Å². The predicted octanol–water partition coefficient (Wildman–Crippen LogP) is 1.36. The molecule has 1 N–H and O–H groups in total. The molecule has 19 heavy (non-hydrogen) atoms. The molecular formula is C14H20N2O3. The number of amides is 1. The molecule has 1 saturated carbocycles. The van der Waals surface area contributed by atoms with Crippen molar-refractivity contribution in [1.29, 1.82) is 0 Å². The highest BCUT2D eigenvalue weighted by atomic mass is 16.5. The van der Waals surface area contributed by atoms with E-state index in [0.29, 0.717) is 19.4 Å². The lowest BCUT2D eigenvalue weighted by atomic mass is 9.67. The third-order valence-corrected chi connectivity index (χ3v) is 3.94. The van der Waals surface area contributed by atoms with Crippen molar-refractivity contribution in [1.82, 2.24) is 9.88 Å². The van der Waals surface area contributed by atoms with Gasteiger partial charge >= 0.3 is 5.97 Å². The first kappa shape index (κ1) is 13.6. The van der Waals surface area contributed by atoms with E-state index in [1.807, 2.05) is 18.5 Å². The number of likely N-dealkylation sites (N-methyl/N-ethyl adjacent to an activating group) is 1. The Bertz CT molecular complexity index is 449. The maximum absolute atomic E-state index is 12.4. The number of methoxy groups -OCH3 is 1. The highest BCUT2D eigenvalue weighted by Crippen LogP contribution is 2.43. The van der Waals surface area contributed by atoms with Gasteiger partial charge in [0.2, 0.25) is 5.91 Å². The fourth-order valence-electron chi connectivity index (χ4n) is 2.51. The lowest BCUT2D eigenvalue weighted by molar-refractivity contribution is -0.169. The standard InChI is InChI=1S/C14H20N2O3/c1-16(9-5-11-4-8-15-10-11)12(17)14(6-3-7-14)13(18)19-2/h4,8,10,15H,3,5-7,9H2,1-2H3. The van der Waals surface area contributed by atoms with Crippen LogP contribution in [0.1, 0.15) is 24.8 Å². The summed E-state index contributed by atoms with van der Waals surface area (Å²) in [5.41, 5.74) is 0.238. The second kappa shape index (κ2) is 5.47. The lowest BCUT2D eigenvalue weighted by Crippen LogP contribution is -2.52. The molecule has 0 radical (unpaired) electrons. The van der Waals surface area contributed by atoms with Crippen molar-refractivity contribution in [3.05, 3.63) is 24.0 Å². The number of aromatic amines is 1. The largest absolute Gasteiger partial charge is 0.468 e. The zero-order valence-electron chi connectivity index (χ0n) is 11.4. The molecule has 0 aromatic carbocycles. The first-order valence-corrected chi connectivity index (χ1v) is 6.56. The van der Waals surface area contributed by atoms with Crippen molar-refractivity contribution in [2.24, 2.45) is 5.41 Å². The van der Waals surface area contributed by atoms with Gasteiger partial charge < -0.3 is 14.6 Å². The second-order valence-electron chi connectivity index (χ2n) is 5.12. The molecule has 1 amide bonds. The van der Waals surface area contributed by atoms with Gasteiger partial charge in [0, 0.05) is 26.0 Å². The molecule has 0 atom stereocenters. The van der Waals surface area contributed by atoms with Crippen molar-refractivity contribution in [3.8, 4) is 0 Å². The number of nitrogens with one attached hydrogen (secondary N) is 1. The summed E-state index contributed by atoms with van der Waals surface area (Å²) in [5.74, 6) is -0.501. The Labute approximate surface area is 112 Å². The third-order valence-electron chi connectivity index (χ3n) is 3.94. The van der Waals surface area contributed by atoms with E-state index in [0.717, 1.165) is 18.4 Å². The summed E-state index contributed by atoms with van der Waals surface area (Å²) in [4.78, 5) is 28.9. The quantitative estimate of drug-likeness (QED) is 0.645. The van der Waals surface area contributed by atoms with Crippen LogP contribution < -0.4 is 0 Å². The summed E-state index contributed by atoms with van der Waals surface area (Å²) < 4.78 is 4.79. The van der Waals surface area contributed by atoms with Gasteiger partial charge in [-0.05, 0) is 30.9 Å². The summed E-state index contributed by atoms with van der Waals surface area (Å²) in [6.07, 6.45) is 6.67. The van der Waals surface area contributed by atoms with Crippen molar-refractivity contribution < 1.29 is 14.3 Å². The molecule has 1 aliphatic carbocycles. The fourth-order valence-corrected chi connectivity index (χ4v) is 2.51. The van der Waals surface area contributed by atoms with Crippen LogP contribution in [-0.2, 0) is 20.7 Å². The van der Waals surface area contributed by atoms with Gasteiger partial charge in [0.15, 0.2) is 0 Å². The maximum Gasteiger partial charge on any atom is 0.321 e. The van der Waals surface area contributed by atoms with Crippen molar-refractivity contribution in [3.63, 3.8) is 0 Å². The van der Waals surface area contributed by atoms with Crippen molar-refractivity contribution in [2.75, 3.05) is 20.7 Å². The second-order valence-corrected chi connectivity index (χ2v) is 5.12. The molecule has 2 rings (SSSR count). The van der Waals surface area contributed by atoms with E-state index < -0.39 is 11.4 Å². The Morgan fingerprint density at radius 1 is 1.47 bits per heavy atom. The number of carbonyl (C=O) groups is 2. The summed E-state index contributed by atoms with van der Waals surface area (Å²) in [7, 11) is 3.09. The zero-order chi connectivity index (χ0) is 13.9. The number of aromatic nitrogens is 1. The lowest BCUT2D eigenvalue weighted by Gasteiger charge is -2.39. The van der Waals surface area contributed by atoms with Crippen LogP contribution in [0.3, 0.4) is 0 Å². The smallest absolute Gasteiger partial charge is 0.321 e. The van der Waals surface area contributed by atoms with Crippen LogP contribution in [0.2, 0.25) is 0 Å². The van der Waals surface area contributed by atoms with Crippen LogP contribution in [0.4, 0.5) is 0 Å². The fraction of sp³-hybridized carbons (Fsp3) is 0.571. The van der Waals surface area contributed by atoms with E-state index in [9.17, 15) is 9.59 Å². The third kappa shape index (κ3) is 2.50. The molecule has 1 aromatic rings. The minimum atomic E-state index is -0.915. The number of H-pyrrole nitrogens is 1. The molecule has 1 heterocycles. The van der Waals surface area contributed by atoms with Crippen LogP contribution in [0.15, 0.2) is 18.5 Å². The van der Waals surface area contributed by atoms with Gasteiger partial charge in [-0.25, -0.2) is 0 Å². The summed E-state index contributed by atoms with van der Waals surface area (Å²) >= 11 is 0. The van der Waals surface area contributed by atoms with E-state index in [4.69, 9.17) is 4.74 Å². The minimum Gasteiger partial charge on any atom is -0.468 e. The number of hydrogen-bond acceptors (Lipinski definition) is 3. The molecular weight excluding hydrogens is 244 g/mol. The molecule has 0 saturated heterocycles. The topological polar surface area (TPSA) is 62.4 Å². The predicted molar refractivity (Wildman–Crippen MR) is 70.4 cm³/mol. The Hall–Kier alpha value is -1.78. The number of ether oxygens (including phenoxy) is 1. The average Bonchev–Trinajstić information content (AvgIpc) is 2.87. The van der Waals surface area contributed by atoms with Crippen molar-refractivity contribution >= 4 is 11.9 Å². The van der Waals surface area contributed by atoms with Gasteiger partial charge in [-0.1, -0.05) is 6.42 Å². The molecule has 1 fully saturated rings. The Kier molecular flexibility index (Phi) is 3.93. The molecule has 0 bridgehead atoms. The van der Waals surface area contributed by atoms with Crippen molar-refractivity contribution in [2.45, 2.75) is 25.7 Å². The first-order chi connectivity index (χ1) is 9.10. The first-order valence-electron chi connectivity index (χ1n) is 6.56. The molecule has 0 unspecified atom stereocenters. The number of esters is 1.